The van der Waals surface area contributed by atoms with E-state index in [1.165, 1.54) is 29.5 Å². The second kappa shape index (κ2) is 9.08. The van der Waals surface area contributed by atoms with Crippen LogP contribution in [0.15, 0.2) is 78.0 Å². The van der Waals surface area contributed by atoms with Crippen molar-refractivity contribution in [3.63, 3.8) is 0 Å². The van der Waals surface area contributed by atoms with E-state index in [1.807, 2.05) is 26.2 Å². The fraction of sp³-hybridized carbons (Fsp3) is 0.136. The molecule has 1 aromatic heterocycles. The monoisotopic (exact) mass is 425 g/mol. The Morgan fingerprint density at radius 3 is 2.20 bits per heavy atom. The zero-order valence-electron chi connectivity index (χ0n) is 16.7. The first-order valence-corrected chi connectivity index (χ1v) is 10.6. The second-order valence-electron chi connectivity index (χ2n) is 7.05. The summed E-state index contributed by atoms with van der Waals surface area (Å²) in [6.07, 6.45) is 5.31. The van der Waals surface area contributed by atoms with Gasteiger partial charge in [0.1, 0.15) is 0 Å². The van der Waals surface area contributed by atoms with Crippen LogP contribution in [-0.2, 0) is 21.4 Å². The smallest absolute Gasteiger partial charge is 0.267 e. The number of carbonyl (C=O) groups is 1. The molecule has 0 aliphatic carbocycles. The highest BCUT2D eigenvalue weighted by atomic mass is 32.2. The fourth-order valence-corrected chi connectivity index (χ4v) is 4.16. The minimum Gasteiger partial charge on any atom is -0.305 e. The molecule has 1 amide bonds. The number of aromatic nitrogens is 1. The van der Waals surface area contributed by atoms with E-state index in [-0.39, 0.29) is 4.90 Å². The molecule has 7 nitrogen and oxygen atoms in total. The summed E-state index contributed by atoms with van der Waals surface area (Å²) in [5, 5.41) is 8.49. The van der Waals surface area contributed by atoms with Gasteiger partial charge in [-0.25, -0.2) is 17.9 Å². The molecular formula is C22H23N3O4S. The maximum absolute atomic E-state index is 12.9. The molecule has 3 aromatic rings. The lowest BCUT2D eigenvalue weighted by Crippen LogP contribution is -2.14. The van der Waals surface area contributed by atoms with Crippen LogP contribution in [0, 0.1) is 0 Å². The molecule has 2 N–H and O–H groups in total. The standard InChI is InChI=1S/C22H23N3O4S/c1-24(2)15-17-3-6-19(7-4-17)20-8-10-21(11-9-20)30(28,29)25-14-13-18(16-25)5-12-22(26)23-27/h3-14,16,27H,15H2,1-2H3,(H,23,26). The lowest BCUT2D eigenvalue weighted by Gasteiger charge is -2.10. The Labute approximate surface area is 175 Å². The van der Waals surface area contributed by atoms with E-state index in [2.05, 4.69) is 17.0 Å². The minimum atomic E-state index is -3.75. The van der Waals surface area contributed by atoms with Crippen LogP contribution in [0.1, 0.15) is 11.1 Å². The quantitative estimate of drug-likeness (QED) is 0.345. The van der Waals surface area contributed by atoms with Gasteiger partial charge in [0.05, 0.1) is 4.90 Å². The third-order valence-corrected chi connectivity index (χ3v) is 6.09. The van der Waals surface area contributed by atoms with E-state index in [9.17, 15) is 13.2 Å². The van der Waals surface area contributed by atoms with Crippen LogP contribution in [0.4, 0.5) is 0 Å². The van der Waals surface area contributed by atoms with Gasteiger partial charge in [-0.15, -0.1) is 0 Å². The van der Waals surface area contributed by atoms with E-state index >= 15 is 0 Å². The molecule has 0 spiro atoms. The number of benzene rings is 2. The van der Waals surface area contributed by atoms with Crippen molar-refractivity contribution in [2.45, 2.75) is 11.4 Å². The first-order valence-electron chi connectivity index (χ1n) is 9.19. The van der Waals surface area contributed by atoms with Gasteiger partial charge in [-0.1, -0.05) is 36.4 Å². The highest BCUT2D eigenvalue weighted by Crippen LogP contribution is 2.23. The summed E-state index contributed by atoms with van der Waals surface area (Å²) in [5.41, 5.74) is 5.13. The lowest BCUT2D eigenvalue weighted by atomic mass is 10.0. The molecule has 0 aliphatic heterocycles. The van der Waals surface area contributed by atoms with Gasteiger partial charge in [-0.05, 0) is 60.6 Å². The van der Waals surface area contributed by atoms with E-state index < -0.39 is 15.9 Å². The largest absolute Gasteiger partial charge is 0.305 e. The fourth-order valence-electron chi connectivity index (χ4n) is 2.96. The van der Waals surface area contributed by atoms with Gasteiger partial charge in [0.15, 0.2) is 0 Å². The number of nitrogens with zero attached hydrogens (tertiary/aromatic N) is 2. The van der Waals surface area contributed by atoms with E-state index in [1.54, 1.807) is 30.3 Å². The highest BCUT2D eigenvalue weighted by molar-refractivity contribution is 7.90. The average molecular weight is 426 g/mol. The van der Waals surface area contributed by atoms with Gasteiger partial charge in [0, 0.05) is 25.0 Å². The van der Waals surface area contributed by atoms with Crippen LogP contribution in [-0.4, -0.2) is 42.5 Å². The molecule has 0 fully saturated rings. The third-order valence-electron chi connectivity index (χ3n) is 4.44. The molecule has 0 saturated carbocycles. The minimum absolute atomic E-state index is 0.162. The van der Waals surface area contributed by atoms with Crippen molar-refractivity contribution >= 4 is 22.0 Å². The van der Waals surface area contributed by atoms with Crippen molar-refractivity contribution in [2.75, 3.05) is 14.1 Å². The molecule has 1 heterocycles. The highest BCUT2D eigenvalue weighted by Gasteiger charge is 2.16. The lowest BCUT2D eigenvalue weighted by molar-refractivity contribution is -0.124. The van der Waals surface area contributed by atoms with Gasteiger partial charge in [-0.3, -0.25) is 10.0 Å². The predicted octanol–water partition coefficient (Wildman–Crippen LogP) is 2.97. The summed E-state index contributed by atoms with van der Waals surface area (Å²) in [6, 6.07) is 16.4. The molecule has 3 rings (SSSR count). The van der Waals surface area contributed by atoms with Crippen molar-refractivity contribution in [3.8, 4) is 11.1 Å². The van der Waals surface area contributed by atoms with Crippen LogP contribution in [0.2, 0.25) is 0 Å². The Morgan fingerprint density at radius 1 is 1.03 bits per heavy atom. The maximum atomic E-state index is 12.9. The summed E-state index contributed by atoms with van der Waals surface area (Å²) in [6.45, 7) is 0.857. The van der Waals surface area contributed by atoms with Crippen LogP contribution < -0.4 is 5.48 Å². The first kappa shape index (κ1) is 21.5. The second-order valence-corrected chi connectivity index (χ2v) is 8.89. The van der Waals surface area contributed by atoms with Gasteiger partial charge in [0.2, 0.25) is 0 Å². The first-order chi connectivity index (χ1) is 14.3. The molecular weight excluding hydrogens is 402 g/mol. The molecule has 2 aromatic carbocycles. The Hall–Kier alpha value is -3.20. The number of hydroxylamine groups is 1. The molecule has 0 aliphatic rings. The summed E-state index contributed by atoms with van der Waals surface area (Å²) in [4.78, 5) is 13.3. The summed E-state index contributed by atoms with van der Waals surface area (Å²) in [5.74, 6) is -0.698. The van der Waals surface area contributed by atoms with Gasteiger partial charge in [0.25, 0.3) is 15.9 Å². The normalized spacial score (nSPS) is 11.9. The molecule has 0 saturated heterocycles. The van der Waals surface area contributed by atoms with E-state index in [0.717, 1.165) is 27.7 Å². The van der Waals surface area contributed by atoms with Crippen molar-refractivity contribution in [1.82, 2.24) is 14.4 Å². The van der Waals surface area contributed by atoms with Gasteiger partial charge < -0.3 is 4.90 Å². The van der Waals surface area contributed by atoms with Gasteiger partial charge in [-0.2, -0.15) is 0 Å². The Bertz CT molecular complexity index is 1150. The summed E-state index contributed by atoms with van der Waals surface area (Å²) in [7, 11) is 0.279. The zero-order valence-corrected chi connectivity index (χ0v) is 17.5. The molecule has 0 unspecified atom stereocenters. The Kier molecular flexibility index (Phi) is 6.51. The van der Waals surface area contributed by atoms with Crippen LogP contribution in [0.25, 0.3) is 17.2 Å². The van der Waals surface area contributed by atoms with E-state index in [4.69, 9.17) is 5.21 Å². The van der Waals surface area contributed by atoms with Crippen molar-refractivity contribution < 1.29 is 18.4 Å². The predicted molar refractivity (Wildman–Crippen MR) is 115 cm³/mol. The third kappa shape index (κ3) is 5.04. The van der Waals surface area contributed by atoms with Crippen LogP contribution in [0.3, 0.4) is 0 Å². The molecule has 0 bridgehead atoms. The maximum Gasteiger partial charge on any atom is 0.267 e. The number of hydrogen-bond acceptors (Lipinski definition) is 5. The average Bonchev–Trinajstić information content (AvgIpc) is 3.22. The van der Waals surface area contributed by atoms with Gasteiger partial charge >= 0.3 is 0 Å². The number of hydrogen-bond donors (Lipinski definition) is 2. The van der Waals surface area contributed by atoms with Crippen LogP contribution in [0.5, 0.6) is 0 Å². The summed E-state index contributed by atoms with van der Waals surface area (Å²) >= 11 is 0. The number of amides is 1. The number of carbonyl (C=O) groups excluding carboxylic acids is 1. The van der Waals surface area contributed by atoms with Crippen molar-refractivity contribution in [3.05, 3.63) is 84.2 Å². The number of nitrogens with one attached hydrogen (secondary N) is 1. The van der Waals surface area contributed by atoms with Crippen molar-refractivity contribution in [1.29, 1.82) is 0 Å². The van der Waals surface area contributed by atoms with Crippen molar-refractivity contribution in [2.24, 2.45) is 0 Å². The molecule has 0 atom stereocenters. The molecule has 8 heteroatoms. The Balaban J connectivity index is 1.79. The summed E-state index contributed by atoms with van der Waals surface area (Å²) < 4.78 is 26.8. The Morgan fingerprint density at radius 2 is 1.63 bits per heavy atom. The molecule has 30 heavy (non-hydrogen) atoms. The topological polar surface area (TPSA) is 91.6 Å². The SMILES string of the molecule is CN(C)Cc1ccc(-c2ccc(S(=O)(=O)n3ccc(C=CC(=O)NO)c3)cc2)cc1. The zero-order chi connectivity index (χ0) is 21.7. The van der Waals surface area contributed by atoms with Crippen LogP contribution >= 0.6 is 0 Å². The van der Waals surface area contributed by atoms with E-state index in [0.29, 0.717) is 5.56 Å². The number of rotatable bonds is 7. The molecule has 156 valence electrons. The molecule has 0 radical (unpaired) electrons.